The number of aliphatic carboxylic acids is 1. The third-order valence-electron chi connectivity index (χ3n) is 1.49. The van der Waals surface area contributed by atoms with E-state index in [-0.39, 0.29) is 12.5 Å². The Labute approximate surface area is 94.5 Å². The quantitative estimate of drug-likeness (QED) is 0.822. The molecule has 5 heteroatoms. The summed E-state index contributed by atoms with van der Waals surface area (Å²) in [6, 6.07) is 6.93. The monoisotopic (exact) mass is 309 g/mol. The summed E-state index contributed by atoms with van der Waals surface area (Å²) in [5.41, 5.74) is 0.471. The van der Waals surface area contributed by atoms with Gasteiger partial charge in [0, 0.05) is 9.13 Å². The van der Waals surface area contributed by atoms with Gasteiger partial charge in [-0.1, -0.05) is 6.07 Å². The first-order valence-electron chi connectivity index (χ1n) is 3.85. The van der Waals surface area contributed by atoms with E-state index in [4.69, 9.17) is 5.11 Å². The Kier molecular flexibility index (Phi) is 3.87. The van der Waals surface area contributed by atoms with Gasteiger partial charge < -0.3 is 10.4 Å². The van der Waals surface area contributed by atoms with Crippen LogP contribution in [0.2, 0.25) is 0 Å². The zero-order chi connectivity index (χ0) is 10.6. The minimum atomic E-state index is -1.05. The number of carboxylic acid groups (broad SMARTS) is 1. The highest BCUT2D eigenvalue weighted by Gasteiger charge is 2.06. The van der Waals surface area contributed by atoms with Gasteiger partial charge in [0.05, 0.1) is 0 Å². The highest BCUT2D eigenvalue weighted by atomic mass is 131. The van der Waals surface area contributed by atoms with Gasteiger partial charge >= 0.3 is 5.97 Å². The number of rotatable bonds is 3. The molecule has 0 unspecified atom stereocenters. The largest absolute Gasteiger partial charge is 0.480 e. The predicted molar refractivity (Wildman–Crippen MR) is 59.1 cm³/mol. The van der Waals surface area contributed by atoms with Crippen molar-refractivity contribution >= 4 is 34.5 Å². The predicted octanol–water partition coefficient (Wildman–Crippen LogP) is 1.11. The van der Waals surface area contributed by atoms with Crippen LogP contribution in [0, 0.1) is 3.57 Å². The highest BCUT2D eigenvalue weighted by Crippen LogP contribution is 2.07. The van der Waals surface area contributed by atoms with Crippen LogP contribution in [-0.4, -0.2) is 23.5 Å². The van der Waals surface area contributed by atoms with E-state index in [1.165, 1.54) is 0 Å². The molecular formula is C9H8INO3. The smallest absolute Gasteiger partial charge is 0.322 e. The van der Waals surface area contributed by atoms with Crippen LogP contribution in [0.25, 0.3) is 0 Å². The van der Waals surface area contributed by atoms with E-state index in [9.17, 15) is 9.59 Å². The Morgan fingerprint density at radius 3 is 2.71 bits per heavy atom. The van der Waals surface area contributed by atoms with Gasteiger partial charge in [0.15, 0.2) is 0 Å². The van der Waals surface area contributed by atoms with Crippen LogP contribution in [0.5, 0.6) is 0 Å². The first kappa shape index (κ1) is 11.0. The molecule has 0 aliphatic rings. The van der Waals surface area contributed by atoms with E-state index in [0.717, 1.165) is 3.57 Å². The molecule has 4 nitrogen and oxygen atoms in total. The molecular weight excluding hydrogens is 301 g/mol. The Morgan fingerprint density at radius 2 is 2.14 bits per heavy atom. The Balaban J connectivity index is 2.65. The second-order valence-electron chi connectivity index (χ2n) is 2.59. The summed E-state index contributed by atoms with van der Waals surface area (Å²) in [6.07, 6.45) is 0. The summed E-state index contributed by atoms with van der Waals surface area (Å²) in [7, 11) is 0. The zero-order valence-electron chi connectivity index (χ0n) is 7.16. The number of nitrogens with one attached hydrogen (secondary N) is 1. The average molecular weight is 309 g/mol. The summed E-state index contributed by atoms with van der Waals surface area (Å²) in [5, 5.41) is 10.6. The molecule has 1 rings (SSSR count). The van der Waals surface area contributed by atoms with Crippen molar-refractivity contribution in [2.45, 2.75) is 0 Å². The van der Waals surface area contributed by atoms with Crippen LogP contribution in [0.3, 0.4) is 0 Å². The van der Waals surface area contributed by atoms with Gasteiger partial charge in [-0.2, -0.15) is 0 Å². The van der Waals surface area contributed by atoms with E-state index in [1.54, 1.807) is 18.2 Å². The molecule has 0 heterocycles. The number of carbonyl (C=O) groups excluding carboxylic acids is 1. The minimum absolute atomic E-state index is 0.357. The van der Waals surface area contributed by atoms with Crippen LogP contribution in [0.4, 0.5) is 0 Å². The van der Waals surface area contributed by atoms with E-state index < -0.39 is 5.97 Å². The van der Waals surface area contributed by atoms with Crippen LogP contribution < -0.4 is 5.32 Å². The number of amides is 1. The van der Waals surface area contributed by atoms with Crippen molar-refractivity contribution < 1.29 is 14.7 Å². The fraction of sp³-hybridized carbons (Fsp3) is 0.111. The van der Waals surface area contributed by atoms with Crippen LogP contribution in [0.1, 0.15) is 10.4 Å². The molecule has 74 valence electrons. The molecule has 2 N–H and O–H groups in total. The second kappa shape index (κ2) is 4.94. The molecule has 1 aromatic rings. The maximum absolute atomic E-state index is 11.3. The summed E-state index contributed by atoms with van der Waals surface area (Å²) in [5.74, 6) is -1.42. The lowest BCUT2D eigenvalue weighted by Crippen LogP contribution is -2.29. The fourth-order valence-electron chi connectivity index (χ4n) is 0.888. The summed E-state index contributed by atoms with van der Waals surface area (Å²) in [4.78, 5) is 21.5. The molecule has 14 heavy (non-hydrogen) atoms. The third-order valence-corrected chi connectivity index (χ3v) is 2.16. The van der Waals surface area contributed by atoms with Gasteiger partial charge in [0.1, 0.15) is 6.54 Å². The third kappa shape index (κ3) is 3.33. The van der Waals surface area contributed by atoms with Gasteiger partial charge in [-0.25, -0.2) is 0 Å². The number of carbonyl (C=O) groups is 2. The van der Waals surface area contributed by atoms with Gasteiger partial charge in [-0.3, -0.25) is 9.59 Å². The standard InChI is InChI=1S/C9H8INO3/c10-7-3-1-2-6(4-7)9(14)11-5-8(12)13/h1-4H,5H2,(H,11,14)(H,12,13)/i10+4. The van der Waals surface area contributed by atoms with E-state index in [1.807, 2.05) is 6.07 Å². The van der Waals surface area contributed by atoms with Crippen LogP contribution in [-0.2, 0) is 4.79 Å². The molecule has 0 atom stereocenters. The molecule has 0 aliphatic carbocycles. The lowest BCUT2D eigenvalue weighted by atomic mass is 10.2. The topological polar surface area (TPSA) is 66.4 Å². The van der Waals surface area contributed by atoms with Gasteiger partial charge in [-0.05, 0) is 40.8 Å². The van der Waals surface area contributed by atoms with Gasteiger partial charge in [-0.15, -0.1) is 0 Å². The van der Waals surface area contributed by atoms with Crippen molar-refractivity contribution in [2.75, 3.05) is 6.54 Å². The van der Waals surface area contributed by atoms with Crippen molar-refractivity contribution in [1.82, 2.24) is 5.32 Å². The number of hydrogen-bond acceptors (Lipinski definition) is 2. The van der Waals surface area contributed by atoms with E-state index >= 15 is 0 Å². The fourth-order valence-corrected chi connectivity index (χ4v) is 1.43. The van der Waals surface area contributed by atoms with Gasteiger partial charge in [0.2, 0.25) is 0 Å². The molecule has 0 spiro atoms. The van der Waals surface area contributed by atoms with Crippen molar-refractivity contribution in [3.63, 3.8) is 0 Å². The number of carboxylic acids is 1. The maximum Gasteiger partial charge on any atom is 0.322 e. The molecule has 0 saturated carbocycles. The normalized spacial score (nSPS) is 9.50. The number of halogens is 1. The van der Waals surface area contributed by atoms with Crippen molar-refractivity contribution in [1.29, 1.82) is 0 Å². The lowest BCUT2D eigenvalue weighted by molar-refractivity contribution is -0.135. The summed E-state index contributed by atoms with van der Waals surface area (Å²) < 4.78 is 0.936. The molecule has 0 aliphatic heterocycles. The molecule has 0 saturated heterocycles. The van der Waals surface area contributed by atoms with Gasteiger partial charge in [0.25, 0.3) is 5.91 Å². The molecule has 0 radical (unpaired) electrons. The van der Waals surface area contributed by atoms with Crippen molar-refractivity contribution in [3.8, 4) is 0 Å². The highest BCUT2D eigenvalue weighted by molar-refractivity contribution is 14.1. The molecule has 0 bridgehead atoms. The number of hydrogen-bond donors (Lipinski definition) is 2. The first-order valence-corrected chi connectivity index (χ1v) is 4.93. The van der Waals surface area contributed by atoms with Crippen molar-refractivity contribution in [2.24, 2.45) is 0 Å². The number of benzene rings is 1. The van der Waals surface area contributed by atoms with E-state index in [0.29, 0.717) is 5.56 Å². The lowest BCUT2D eigenvalue weighted by Gasteiger charge is -2.02. The molecule has 0 aromatic heterocycles. The summed E-state index contributed by atoms with van der Waals surface area (Å²) >= 11 is 2.08. The second-order valence-corrected chi connectivity index (χ2v) is 3.83. The Hall–Kier alpha value is -1.11. The van der Waals surface area contributed by atoms with Crippen LogP contribution in [0.15, 0.2) is 24.3 Å². The molecule has 1 aromatic carbocycles. The summed E-state index contributed by atoms with van der Waals surface area (Å²) in [6.45, 7) is -0.357. The average Bonchev–Trinajstić information content (AvgIpc) is 2.14. The van der Waals surface area contributed by atoms with Crippen molar-refractivity contribution in [3.05, 3.63) is 33.4 Å². The first-order chi connectivity index (χ1) is 6.59. The molecule has 1 amide bonds. The van der Waals surface area contributed by atoms with Crippen LogP contribution >= 0.6 is 22.6 Å². The minimum Gasteiger partial charge on any atom is -0.480 e. The Bertz CT molecular complexity index is 365. The zero-order valence-corrected chi connectivity index (χ0v) is 9.32. The SMILES string of the molecule is O=C(O)CNC(=O)c1cccc([131I])c1. The maximum atomic E-state index is 11.3. The van der Waals surface area contributed by atoms with E-state index in [2.05, 4.69) is 27.9 Å². The molecule has 0 fully saturated rings. The Morgan fingerprint density at radius 1 is 1.43 bits per heavy atom.